The van der Waals surface area contributed by atoms with Crippen LogP contribution in [0, 0.1) is 10.1 Å². The van der Waals surface area contributed by atoms with Gasteiger partial charge in [-0.2, -0.15) is 0 Å². The lowest BCUT2D eigenvalue weighted by Crippen LogP contribution is -2.24. The van der Waals surface area contributed by atoms with Crippen LogP contribution in [0.5, 0.6) is 0 Å². The Hall–Kier alpha value is -2.64. The third-order valence-electron chi connectivity index (χ3n) is 2.39. The molecule has 0 aromatic heterocycles. The van der Waals surface area contributed by atoms with Crippen molar-refractivity contribution in [3.05, 3.63) is 33.9 Å². The van der Waals surface area contributed by atoms with E-state index in [1.54, 1.807) is 6.92 Å². The number of nitrogens with zero attached hydrogens (tertiary/aromatic N) is 1. The number of primary amides is 2. The number of hydrogen-bond acceptors (Lipinski definition) is 5. The number of carbonyl (C=O) groups excluding carboxylic acids is 2. The first-order valence-electron chi connectivity index (χ1n) is 5.44. The van der Waals surface area contributed by atoms with Crippen LogP contribution in [0.25, 0.3) is 0 Å². The normalized spacial score (nSPS) is 11.6. The van der Waals surface area contributed by atoms with Crippen LogP contribution in [0.1, 0.15) is 23.7 Å². The number of carbonyl (C=O) groups is 2. The van der Waals surface area contributed by atoms with E-state index in [4.69, 9.17) is 11.5 Å². The van der Waals surface area contributed by atoms with Crippen LogP contribution in [0.2, 0.25) is 0 Å². The largest absolute Gasteiger partial charge is 0.377 e. The van der Waals surface area contributed by atoms with Gasteiger partial charge in [0.2, 0.25) is 11.8 Å². The Kier molecular flexibility index (Phi) is 4.41. The summed E-state index contributed by atoms with van der Waals surface area (Å²) < 4.78 is 0. The first-order valence-corrected chi connectivity index (χ1v) is 5.44. The van der Waals surface area contributed by atoms with Crippen LogP contribution in [0.4, 0.5) is 11.4 Å². The van der Waals surface area contributed by atoms with Gasteiger partial charge in [0.1, 0.15) is 5.69 Å². The second-order valence-corrected chi connectivity index (χ2v) is 4.07. The number of nitro groups is 1. The molecule has 0 heterocycles. The van der Waals surface area contributed by atoms with Crippen molar-refractivity contribution in [2.24, 2.45) is 11.5 Å². The maximum Gasteiger partial charge on any atom is 0.293 e. The van der Waals surface area contributed by atoms with Gasteiger partial charge in [-0.05, 0) is 19.1 Å². The molecular formula is C11H14N4O4. The standard InChI is InChI=1S/C11H14N4O4/c1-6(4-10(12)16)14-8-3-2-7(11(13)17)5-9(8)15(18)19/h2-3,5-6,14H,4H2,1H3,(H2,12,16)(H2,13,17). The number of benzene rings is 1. The Bertz CT molecular complexity index is 529. The molecule has 0 fully saturated rings. The van der Waals surface area contributed by atoms with Crippen LogP contribution >= 0.6 is 0 Å². The monoisotopic (exact) mass is 266 g/mol. The summed E-state index contributed by atoms with van der Waals surface area (Å²) in [5.41, 5.74) is 10.0. The van der Waals surface area contributed by atoms with Gasteiger partial charge in [0, 0.05) is 24.1 Å². The van der Waals surface area contributed by atoms with Crippen molar-refractivity contribution < 1.29 is 14.5 Å². The summed E-state index contributed by atoms with van der Waals surface area (Å²) >= 11 is 0. The minimum absolute atomic E-state index is 0.0364. The van der Waals surface area contributed by atoms with E-state index in [0.717, 1.165) is 6.07 Å². The van der Waals surface area contributed by atoms with Gasteiger partial charge in [-0.15, -0.1) is 0 Å². The highest BCUT2D eigenvalue weighted by Crippen LogP contribution is 2.26. The zero-order chi connectivity index (χ0) is 14.6. The molecule has 0 spiro atoms. The molecular weight excluding hydrogens is 252 g/mol. The minimum atomic E-state index is -0.750. The zero-order valence-corrected chi connectivity index (χ0v) is 10.3. The maximum absolute atomic E-state index is 11.0. The van der Waals surface area contributed by atoms with Crippen LogP contribution in [0.15, 0.2) is 18.2 Å². The van der Waals surface area contributed by atoms with Gasteiger partial charge in [-0.1, -0.05) is 0 Å². The molecule has 1 rings (SSSR count). The second kappa shape index (κ2) is 5.80. The Morgan fingerprint density at radius 3 is 2.53 bits per heavy atom. The summed E-state index contributed by atoms with van der Waals surface area (Å²) in [7, 11) is 0. The van der Waals surface area contributed by atoms with E-state index in [0.29, 0.717) is 0 Å². The van der Waals surface area contributed by atoms with Gasteiger partial charge in [0.15, 0.2) is 0 Å². The van der Waals surface area contributed by atoms with Gasteiger partial charge in [-0.3, -0.25) is 19.7 Å². The number of hydrogen-bond donors (Lipinski definition) is 3. The Labute approximate surface area is 108 Å². The molecule has 0 aliphatic rings. The first kappa shape index (κ1) is 14.4. The van der Waals surface area contributed by atoms with Crippen molar-refractivity contribution in [1.29, 1.82) is 0 Å². The average molecular weight is 266 g/mol. The van der Waals surface area contributed by atoms with Crippen molar-refractivity contribution in [1.82, 2.24) is 0 Å². The average Bonchev–Trinajstić information content (AvgIpc) is 2.27. The predicted octanol–water partition coefficient (Wildman–Crippen LogP) is 0.369. The quantitative estimate of drug-likeness (QED) is 0.503. The zero-order valence-electron chi connectivity index (χ0n) is 10.3. The molecule has 0 saturated heterocycles. The van der Waals surface area contributed by atoms with Gasteiger partial charge >= 0.3 is 0 Å². The molecule has 0 aliphatic carbocycles. The fraction of sp³-hybridized carbons (Fsp3) is 0.273. The summed E-state index contributed by atoms with van der Waals surface area (Å²) in [6, 6.07) is 3.46. The number of amides is 2. The molecule has 1 atom stereocenters. The van der Waals surface area contributed by atoms with Crippen molar-refractivity contribution in [3.8, 4) is 0 Å². The van der Waals surface area contributed by atoms with E-state index in [1.807, 2.05) is 0 Å². The summed E-state index contributed by atoms with van der Waals surface area (Å²) in [6.45, 7) is 1.66. The van der Waals surface area contributed by atoms with E-state index in [9.17, 15) is 19.7 Å². The summed E-state index contributed by atoms with van der Waals surface area (Å²) in [6.07, 6.45) is 0.0364. The van der Waals surface area contributed by atoms with Crippen LogP contribution in [-0.4, -0.2) is 22.8 Å². The van der Waals surface area contributed by atoms with Gasteiger partial charge in [0.25, 0.3) is 5.69 Å². The van der Waals surface area contributed by atoms with Crippen LogP contribution in [-0.2, 0) is 4.79 Å². The lowest BCUT2D eigenvalue weighted by molar-refractivity contribution is -0.384. The maximum atomic E-state index is 11.0. The molecule has 1 aromatic carbocycles. The highest BCUT2D eigenvalue weighted by molar-refractivity contribution is 5.94. The summed E-state index contributed by atoms with van der Waals surface area (Å²) in [5, 5.41) is 13.7. The fourth-order valence-corrected chi connectivity index (χ4v) is 1.58. The number of nitrogens with one attached hydrogen (secondary N) is 1. The number of anilines is 1. The molecule has 1 unspecified atom stereocenters. The molecule has 5 N–H and O–H groups in total. The van der Waals surface area contributed by atoms with Crippen molar-refractivity contribution in [3.63, 3.8) is 0 Å². The van der Waals surface area contributed by atoms with Gasteiger partial charge < -0.3 is 16.8 Å². The lowest BCUT2D eigenvalue weighted by atomic mass is 10.1. The second-order valence-electron chi connectivity index (χ2n) is 4.07. The summed E-state index contributed by atoms with van der Waals surface area (Å²) in [5.74, 6) is -1.27. The predicted molar refractivity (Wildman–Crippen MR) is 68.5 cm³/mol. The fourth-order valence-electron chi connectivity index (χ4n) is 1.58. The van der Waals surface area contributed by atoms with E-state index in [1.165, 1.54) is 12.1 Å². The third kappa shape index (κ3) is 3.95. The van der Waals surface area contributed by atoms with E-state index in [-0.39, 0.29) is 29.4 Å². The number of rotatable bonds is 6. The highest BCUT2D eigenvalue weighted by Gasteiger charge is 2.18. The van der Waals surface area contributed by atoms with E-state index >= 15 is 0 Å². The molecule has 0 radical (unpaired) electrons. The van der Waals surface area contributed by atoms with E-state index in [2.05, 4.69) is 5.32 Å². The van der Waals surface area contributed by atoms with Crippen molar-refractivity contribution in [2.45, 2.75) is 19.4 Å². The Morgan fingerprint density at radius 2 is 2.05 bits per heavy atom. The lowest BCUT2D eigenvalue weighted by Gasteiger charge is -2.13. The molecule has 8 nitrogen and oxygen atoms in total. The molecule has 102 valence electrons. The first-order chi connectivity index (χ1) is 8.81. The molecule has 19 heavy (non-hydrogen) atoms. The van der Waals surface area contributed by atoms with Crippen LogP contribution in [0.3, 0.4) is 0 Å². The summed E-state index contributed by atoms with van der Waals surface area (Å²) in [4.78, 5) is 32.0. The molecule has 8 heteroatoms. The number of nitro benzene ring substituents is 1. The SMILES string of the molecule is CC(CC(N)=O)Nc1ccc(C(N)=O)cc1[N+](=O)[O-]. The highest BCUT2D eigenvalue weighted by atomic mass is 16.6. The Balaban J connectivity index is 3.03. The topological polar surface area (TPSA) is 141 Å². The van der Waals surface area contributed by atoms with Crippen molar-refractivity contribution >= 4 is 23.2 Å². The molecule has 0 bridgehead atoms. The van der Waals surface area contributed by atoms with Gasteiger partial charge in [-0.25, -0.2) is 0 Å². The van der Waals surface area contributed by atoms with Crippen LogP contribution < -0.4 is 16.8 Å². The molecule has 0 aliphatic heterocycles. The van der Waals surface area contributed by atoms with Crippen molar-refractivity contribution in [2.75, 3.05) is 5.32 Å². The van der Waals surface area contributed by atoms with E-state index < -0.39 is 16.7 Å². The Morgan fingerprint density at radius 1 is 1.42 bits per heavy atom. The number of nitrogens with two attached hydrogens (primary N) is 2. The molecule has 0 saturated carbocycles. The molecule has 2 amide bonds. The van der Waals surface area contributed by atoms with Gasteiger partial charge in [0.05, 0.1) is 4.92 Å². The smallest absolute Gasteiger partial charge is 0.293 e. The molecule has 1 aromatic rings. The third-order valence-corrected chi connectivity index (χ3v) is 2.39. The minimum Gasteiger partial charge on any atom is -0.377 e.